The van der Waals surface area contributed by atoms with Gasteiger partial charge in [0.15, 0.2) is 0 Å². The first-order valence-electron chi connectivity index (χ1n) is 6.55. The van der Waals surface area contributed by atoms with Crippen LogP contribution in [0, 0.1) is 5.92 Å². The van der Waals surface area contributed by atoms with Gasteiger partial charge in [0, 0.05) is 11.4 Å². The van der Waals surface area contributed by atoms with E-state index in [-0.39, 0.29) is 0 Å². The van der Waals surface area contributed by atoms with Crippen LogP contribution in [0.4, 0.5) is 0 Å². The predicted molar refractivity (Wildman–Crippen MR) is 78.2 cm³/mol. The molecule has 0 aromatic heterocycles. The Labute approximate surface area is 114 Å². The van der Waals surface area contributed by atoms with Crippen LogP contribution in [0.15, 0.2) is 36.4 Å². The number of benzene rings is 2. The van der Waals surface area contributed by atoms with Crippen LogP contribution in [-0.2, 0) is 12.8 Å². The zero-order chi connectivity index (χ0) is 12.7. The van der Waals surface area contributed by atoms with E-state index < -0.39 is 0 Å². The van der Waals surface area contributed by atoms with Crippen LogP contribution < -0.4 is 0 Å². The molecule has 1 aliphatic carbocycles. The van der Waals surface area contributed by atoms with Crippen LogP contribution in [0.1, 0.15) is 30.5 Å². The molecule has 0 unspecified atom stereocenters. The summed E-state index contributed by atoms with van der Waals surface area (Å²) < 4.78 is 0. The first-order valence-corrected chi connectivity index (χ1v) is 6.93. The van der Waals surface area contributed by atoms with Crippen LogP contribution in [0.25, 0.3) is 11.1 Å². The molecular weight excluding hydrogens is 240 g/mol. The van der Waals surface area contributed by atoms with E-state index in [2.05, 4.69) is 50.2 Å². The van der Waals surface area contributed by atoms with Crippen molar-refractivity contribution in [3.05, 3.63) is 58.1 Å². The molecule has 0 atom stereocenters. The summed E-state index contributed by atoms with van der Waals surface area (Å²) in [6, 6.07) is 13.0. The summed E-state index contributed by atoms with van der Waals surface area (Å²) in [5.41, 5.74) is 6.68. The topological polar surface area (TPSA) is 0 Å². The molecule has 0 spiro atoms. The largest absolute Gasteiger partial charge is 0.0837 e. The standard InChI is InChI=1S/C17H17Cl/c1-11(2)9-13-7-8-15-14-6-4-3-5-12(14)10-16(15)17(13)18/h3-8,11H,9-10H2,1-2H3. The van der Waals surface area contributed by atoms with Crippen molar-refractivity contribution in [2.75, 3.05) is 0 Å². The van der Waals surface area contributed by atoms with Gasteiger partial charge >= 0.3 is 0 Å². The number of rotatable bonds is 2. The lowest BCUT2D eigenvalue weighted by Gasteiger charge is -2.11. The molecule has 1 heteroatoms. The van der Waals surface area contributed by atoms with Gasteiger partial charge in [-0.05, 0) is 40.2 Å². The van der Waals surface area contributed by atoms with Crippen molar-refractivity contribution in [3.8, 4) is 11.1 Å². The lowest BCUT2D eigenvalue weighted by Crippen LogP contribution is -1.97. The molecule has 0 saturated heterocycles. The predicted octanol–water partition coefficient (Wildman–Crippen LogP) is 5.11. The third kappa shape index (κ3) is 1.85. The summed E-state index contributed by atoms with van der Waals surface area (Å²) >= 11 is 6.59. The average molecular weight is 257 g/mol. The monoisotopic (exact) mass is 256 g/mol. The van der Waals surface area contributed by atoms with Crippen LogP contribution in [0.5, 0.6) is 0 Å². The fraction of sp³-hybridized carbons (Fsp3) is 0.294. The highest BCUT2D eigenvalue weighted by Crippen LogP contribution is 2.41. The van der Waals surface area contributed by atoms with Gasteiger partial charge in [0.05, 0.1) is 0 Å². The minimum atomic E-state index is 0.643. The van der Waals surface area contributed by atoms with E-state index in [0.717, 1.165) is 17.9 Å². The van der Waals surface area contributed by atoms with E-state index >= 15 is 0 Å². The molecule has 18 heavy (non-hydrogen) atoms. The number of hydrogen-bond acceptors (Lipinski definition) is 0. The highest BCUT2D eigenvalue weighted by Gasteiger charge is 2.21. The Morgan fingerprint density at radius 1 is 1.06 bits per heavy atom. The molecule has 2 aromatic rings. The Hall–Kier alpha value is -1.27. The van der Waals surface area contributed by atoms with Gasteiger partial charge in [0.2, 0.25) is 0 Å². The maximum Gasteiger partial charge on any atom is 0.0479 e. The molecule has 0 fully saturated rings. The van der Waals surface area contributed by atoms with E-state index in [9.17, 15) is 0 Å². The van der Waals surface area contributed by atoms with Gasteiger partial charge in [-0.1, -0.05) is 61.8 Å². The third-order valence-corrected chi connectivity index (χ3v) is 4.10. The van der Waals surface area contributed by atoms with E-state index in [4.69, 9.17) is 11.6 Å². The molecule has 2 aromatic carbocycles. The lowest BCUT2D eigenvalue weighted by atomic mass is 9.98. The fourth-order valence-electron chi connectivity index (χ4n) is 2.82. The second-order valence-electron chi connectivity index (χ2n) is 5.50. The van der Waals surface area contributed by atoms with Crippen molar-refractivity contribution >= 4 is 11.6 Å². The van der Waals surface area contributed by atoms with Crippen molar-refractivity contribution in [2.24, 2.45) is 5.92 Å². The average Bonchev–Trinajstić information content (AvgIpc) is 2.72. The quantitative estimate of drug-likeness (QED) is 0.598. The minimum absolute atomic E-state index is 0.643. The first-order chi connectivity index (χ1) is 8.66. The molecule has 0 heterocycles. The van der Waals surface area contributed by atoms with Gasteiger partial charge in [-0.3, -0.25) is 0 Å². The SMILES string of the molecule is CC(C)Cc1ccc2c(c1Cl)Cc1ccccc1-2. The van der Waals surface area contributed by atoms with Crippen molar-refractivity contribution < 1.29 is 0 Å². The van der Waals surface area contributed by atoms with Crippen molar-refractivity contribution in [1.82, 2.24) is 0 Å². The summed E-state index contributed by atoms with van der Waals surface area (Å²) in [6.45, 7) is 4.47. The van der Waals surface area contributed by atoms with E-state index in [1.165, 1.54) is 27.8 Å². The van der Waals surface area contributed by atoms with Gasteiger partial charge in [-0.25, -0.2) is 0 Å². The molecule has 1 aliphatic rings. The van der Waals surface area contributed by atoms with Crippen molar-refractivity contribution in [1.29, 1.82) is 0 Å². The number of halogens is 1. The summed E-state index contributed by atoms with van der Waals surface area (Å²) in [5, 5.41) is 0.984. The Morgan fingerprint density at radius 3 is 2.61 bits per heavy atom. The van der Waals surface area contributed by atoms with Crippen LogP contribution >= 0.6 is 11.6 Å². The first kappa shape index (κ1) is 11.8. The molecule has 3 rings (SSSR count). The number of fused-ring (bicyclic) bond motifs is 3. The maximum atomic E-state index is 6.59. The van der Waals surface area contributed by atoms with Crippen molar-refractivity contribution in [2.45, 2.75) is 26.7 Å². The summed E-state index contributed by atoms with van der Waals surface area (Å²) in [7, 11) is 0. The van der Waals surface area contributed by atoms with Gasteiger partial charge in [-0.15, -0.1) is 0 Å². The second kappa shape index (κ2) is 4.44. The molecule has 92 valence electrons. The van der Waals surface area contributed by atoms with E-state index in [1.54, 1.807) is 0 Å². The molecule has 0 saturated carbocycles. The van der Waals surface area contributed by atoms with Gasteiger partial charge in [0.1, 0.15) is 0 Å². The van der Waals surface area contributed by atoms with Crippen molar-refractivity contribution in [3.63, 3.8) is 0 Å². The summed E-state index contributed by atoms with van der Waals surface area (Å²) in [6.07, 6.45) is 2.04. The second-order valence-corrected chi connectivity index (χ2v) is 5.87. The zero-order valence-electron chi connectivity index (χ0n) is 10.8. The molecule has 0 aliphatic heterocycles. The Kier molecular flexibility index (Phi) is 2.91. The summed E-state index contributed by atoms with van der Waals surface area (Å²) in [5.74, 6) is 0.643. The lowest BCUT2D eigenvalue weighted by molar-refractivity contribution is 0.647. The van der Waals surface area contributed by atoms with Crippen LogP contribution in [0.3, 0.4) is 0 Å². The summed E-state index contributed by atoms with van der Waals surface area (Å²) in [4.78, 5) is 0. The normalized spacial score (nSPS) is 12.7. The molecule has 0 bridgehead atoms. The molecular formula is C17H17Cl. The highest BCUT2D eigenvalue weighted by molar-refractivity contribution is 6.32. The van der Waals surface area contributed by atoms with Crippen LogP contribution in [-0.4, -0.2) is 0 Å². The Bertz CT molecular complexity index is 597. The highest BCUT2D eigenvalue weighted by atomic mass is 35.5. The van der Waals surface area contributed by atoms with Gasteiger partial charge < -0.3 is 0 Å². The smallest absolute Gasteiger partial charge is 0.0479 e. The third-order valence-electron chi connectivity index (χ3n) is 3.63. The Morgan fingerprint density at radius 2 is 1.83 bits per heavy atom. The fourth-order valence-corrected chi connectivity index (χ4v) is 3.13. The number of hydrogen-bond donors (Lipinski definition) is 0. The molecule has 0 amide bonds. The van der Waals surface area contributed by atoms with Gasteiger partial charge in [-0.2, -0.15) is 0 Å². The van der Waals surface area contributed by atoms with Crippen LogP contribution in [0.2, 0.25) is 5.02 Å². The maximum absolute atomic E-state index is 6.59. The van der Waals surface area contributed by atoms with E-state index in [0.29, 0.717) is 5.92 Å². The molecule has 0 radical (unpaired) electrons. The molecule has 0 nitrogen and oxygen atoms in total. The van der Waals surface area contributed by atoms with Gasteiger partial charge in [0.25, 0.3) is 0 Å². The zero-order valence-corrected chi connectivity index (χ0v) is 11.6. The molecule has 0 N–H and O–H groups in total. The Balaban J connectivity index is 2.10. The van der Waals surface area contributed by atoms with E-state index in [1.807, 2.05) is 0 Å². The minimum Gasteiger partial charge on any atom is -0.0837 e.